The second-order valence-electron chi connectivity index (χ2n) is 6.14. The average Bonchev–Trinajstić information content (AvgIpc) is 2.91. The van der Waals surface area contributed by atoms with Crippen LogP contribution in [0.4, 0.5) is 5.69 Å². The molecule has 4 nitrogen and oxygen atoms in total. The Bertz CT molecular complexity index is 602. The third-order valence-electron chi connectivity index (χ3n) is 3.34. The highest BCUT2D eigenvalue weighted by molar-refractivity contribution is 7.13. The maximum Gasteiger partial charge on any atom is 0.225 e. The van der Waals surface area contributed by atoms with E-state index < -0.39 is 0 Å². The van der Waals surface area contributed by atoms with Crippen molar-refractivity contribution in [2.45, 2.75) is 33.2 Å². The van der Waals surface area contributed by atoms with E-state index in [2.05, 4.69) is 10.3 Å². The number of nitrogens with one attached hydrogen (secondary N) is 1. The van der Waals surface area contributed by atoms with Crippen LogP contribution in [-0.2, 0) is 4.79 Å². The van der Waals surface area contributed by atoms with Crippen LogP contribution in [0.2, 0.25) is 0 Å². The van der Waals surface area contributed by atoms with Gasteiger partial charge in [0.15, 0.2) is 0 Å². The van der Waals surface area contributed by atoms with Gasteiger partial charge in [-0.1, -0.05) is 32.9 Å². The van der Waals surface area contributed by atoms with Gasteiger partial charge in [0, 0.05) is 35.3 Å². The van der Waals surface area contributed by atoms with Gasteiger partial charge in [0.05, 0.1) is 0 Å². The first-order valence-corrected chi connectivity index (χ1v) is 7.79. The smallest absolute Gasteiger partial charge is 0.225 e. The predicted octanol–water partition coefficient (Wildman–Crippen LogP) is 3.51. The molecule has 0 saturated heterocycles. The molecular weight excluding hydrogens is 282 g/mol. The Balaban J connectivity index is 2.03. The van der Waals surface area contributed by atoms with Crippen molar-refractivity contribution in [3.8, 4) is 10.6 Å². The molecule has 0 aliphatic rings. The summed E-state index contributed by atoms with van der Waals surface area (Å²) in [5.41, 5.74) is 7.73. The summed E-state index contributed by atoms with van der Waals surface area (Å²) in [7, 11) is 0. The van der Waals surface area contributed by atoms with Gasteiger partial charge in [0.2, 0.25) is 5.91 Å². The van der Waals surface area contributed by atoms with Crippen molar-refractivity contribution >= 4 is 22.9 Å². The van der Waals surface area contributed by atoms with Crippen LogP contribution in [-0.4, -0.2) is 16.9 Å². The fourth-order valence-electron chi connectivity index (χ4n) is 1.81. The van der Waals surface area contributed by atoms with E-state index >= 15 is 0 Å². The zero-order chi connectivity index (χ0) is 15.5. The second-order valence-corrected chi connectivity index (χ2v) is 7.04. The minimum atomic E-state index is -0.167. The Labute approximate surface area is 129 Å². The number of amides is 1. The molecule has 0 saturated carbocycles. The summed E-state index contributed by atoms with van der Waals surface area (Å²) in [6, 6.07) is 7.53. The van der Waals surface area contributed by atoms with Crippen molar-refractivity contribution < 1.29 is 4.79 Å². The lowest BCUT2D eigenvalue weighted by Gasteiger charge is -2.26. The third kappa shape index (κ3) is 4.37. The zero-order valence-electron chi connectivity index (χ0n) is 12.6. The normalized spacial score (nSPS) is 13.0. The van der Waals surface area contributed by atoms with Crippen molar-refractivity contribution in [2.75, 3.05) is 5.32 Å². The first kappa shape index (κ1) is 15.7. The summed E-state index contributed by atoms with van der Waals surface area (Å²) in [6.07, 6.45) is 2.08. The zero-order valence-corrected chi connectivity index (χ0v) is 13.4. The maximum atomic E-state index is 12.1. The summed E-state index contributed by atoms with van der Waals surface area (Å²) >= 11 is 1.57. The highest BCUT2D eigenvalue weighted by Gasteiger charge is 2.23. The molecule has 21 heavy (non-hydrogen) atoms. The monoisotopic (exact) mass is 303 g/mol. The molecule has 0 radical (unpaired) electrons. The molecular formula is C16H21N3OS. The Morgan fingerprint density at radius 3 is 2.81 bits per heavy atom. The van der Waals surface area contributed by atoms with E-state index in [1.807, 2.05) is 50.4 Å². The molecule has 1 unspecified atom stereocenters. The second kappa shape index (κ2) is 6.37. The summed E-state index contributed by atoms with van der Waals surface area (Å²) < 4.78 is 0. The van der Waals surface area contributed by atoms with Gasteiger partial charge in [-0.3, -0.25) is 4.79 Å². The first-order chi connectivity index (χ1) is 9.86. The highest BCUT2D eigenvalue weighted by atomic mass is 32.1. The van der Waals surface area contributed by atoms with Crippen LogP contribution in [0.15, 0.2) is 35.8 Å². The molecule has 3 N–H and O–H groups in total. The highest BCUT2D eigenvalue weighted by Crippen LogP contribution is 2.25. The number of thiazole rings is 1. The van der Waals surface area contributed by atoms with Gasteiger partial charge in [0.1, 0.15) is 5.01 Å². The van der Waals surface area contributed by atoms with Crippen LogP contribution >= 0.6 is 11.3 Å². The van der Waals surface area contributed by atoms with E-state index in [0.29, 0.717) is 6.42 Å². The Kier molecular flexibility index (Phi) is 4.75. The van der Waals surface area contributed by atoms with E-state index in [-0.39, 0.29) is 17.4 Å². The summed E-state index contributed by atoms with van der Waals surface area (Å²) in [5.74, 6) is -0.0614. The molecule has 1 amide bonds. The van der Waals surface area contributed by atoms with Crippen molar-refractivity contribution in [3.63, 3.8) is 0 Å². The Morgan fingerprint density at radius 2 is 2.19 bits per heavy atom. The third-order valence-corrected chi connectivity index (χ3v) is 4.17. The lowest BCUT2D eigenvalue weighted by Crippen LogP contribution is -2.38. The van der Waals surface area contributed by atoms with Crippen molar-refractivity contribution in [1.29, 1.82) is 0 Å². The van der Waals surface area contributed by atoms with Crippen molar-refractivity contribution in [2.24, 2.45) is 11.1 Å². The molecule has 0 aliphatic heterocycles. The number of hydrogen-bond acceptors (Lipinski definition) is 4. The molecule has 0 fully saturated rings. The Morgan fingerprint density at radius 1 is 1.43 bits per heavy atom. The lowest BCUT2D eigenvalue weighted by atomic mass is 9.85. The minimum absolute atomic E-state index is 0.0614. The van der Waals surface area contributed by atoms with Gasteiger partial charge in [-0.2, -0.15) is 0 Å². The van der Waals surface area contributed by atoms with Crippen LogP contribution in [0.5, 0.6) is 0 Å². The molecule has 5 heteroatoms. The number of hydrogen-bond donors (Lipinski definition) is 2. The molecule has 1 aromatic carbocycles. The fraction of sp³-hybridized carbons (Fsp3) is 0.375. The number of aromatic nitrogens is 1. The van der Waals surface area contributed by atoms with Crippen LogP contribution in [0.25, 0.3) is 10.6 Å². The van der Waals surface area contributed by atoms with E-state index in [1.54, 1.807) is 17.5 Å². The summed E-state index contributed by atoms with van der Waals surface area (Å²) in [6.45, 7) is 6.11. The van der Waals surface area contributed by atoms with Crippen LogP contribution in [0, 0.1) is 5.41 Å². The fourth-order valence-corrected chi connectivity index (χ4v) is 2.45. The predicted molar refractivity (Wildman–Crippen MR) is 88.2 cm³/mol. The average molecular weight is 303 g/mol. The SMILES string of the molecule is CC(C)(C)C(N)CC(=O)Nc1cccc(-c2nccs2)c1. The quantitative estimate of drug-likeness (QED) is 0.908. The molecule has 1 heterocycles. The van der Waals surface area contributed by atoms with Gasteiger partial charge in [-0.15, -0.1) is 11.3 Å². The number of benzene rings is 1. The van der Waals surface area contributed by atoms with Crippen LogP contribution in [0.3, 0.4) is 0 Å². The molecule has 0 spiro atoms. The van der Waals surface area contributed by atoms with Crippen molar-refractivity contribution in [3.05, 3.63) is 35.8 Å². The molecule has 0 aliphatic carbocycles. The van der Waals surface area contributed by atoms with Crippen LogP contribution < -0.4 is 11.1 Å². The lowest BCUT2D eigenvalue weighted by molar-refractivity contribution is -0.117. The van der Waals surface area contributed by atoms with Gasteiger partial charge < -0.3 is 11.1 Å². The first-order valence-electron chi connectivity index (χ1n) is 6.91. The van der Waals surface area contributed by atoms with Crippen molar-refractivity contribution in [1.82, 2.24) is 4.98 Å². The summed E-state index contributed by atoms with van der Waals surface area (Å²) in [5, 5.41) is 5.78. The standard InChI is InChI=1S/C16H21N3OS/c1-16(2,3)13(17)10-14(20)19-12-6-4-5-11(9-12)15-18-7-8-21-15/h4-9,13H,10,17H2,1-3H3,(H,19,20). The van der Waals surface area contributed by atoms with E-state index in [9.17, 15) is 4.79 Å². The molecule has 2 rings (SSSR count). The minimum Gasteiger partial charge on any atom is -0.327 e. The van der Waals surface area contributed by atoms with E-state index in [0.717, 1.165) is 16.3 Å². The van der Waals surface area contributed by atoms with E-state index in [4.69, 9.17) is 5.73 Å². The number of rotatable bonds is 4. The molecule has 112 valence electrons. The number of carbonyl (C=O) groups is 1. The molecule has 2 aromatic rings. The van der Waals surface area contributed by atoms with Gasteiger partial charge in [-0.25, -0.2) is 4.98 Å². The van der Waals surface area contributed by atoms with Gasteiger partial charge >= 0.3 is 0 Å². The topological polar surface area (TPSA) is 68.0 Å². The molecule has 1 aromatic heterocycles. The van der Waals surface area contributed by atoms with E-state index in [1.165, 1.54) is 0 Å². The number of nitrogens with zero attached hydrogens (tertiary/aromatic N) is 1. The van der Waals surface area contributed by atoms with Crippen LogP contribution in [0.1, 0.15) is 27.2 Å². The maximum absolute atomic E-state index is 12.1. The number of nitrogens with two attached hydrogens (primary N) is 1. The molecule has 1 atom stereocenters. The molecule has 0 bridgehead atoms. The number of anilines is 1. The van der Waals surface area contributed by atoms with Gasteiger partial charge in [0.25, 0.3) is 0 Å². The summed E-state index contributed by atoms with van der Waals surface area (Å²) in [4.78, 5) is 16.3. The van der Waals surface area contributed by atoms with Gasteiger partial charge in [-0.05, 0) is 17.5 Å². The Hall–Kier alpha value is -1.72. The number of carbonyl (C=O) groups excluding carboxylic acids is 1. The largest absolute Gasteiger partial charge is 0.327 e.